The van der Waals surface area contributed by atoms with E-state index in [1.165, 1.54) is 12.8 Å². The lowest BCUT2D eigenvalue weighted by molar-refractivity contribution is 0.112. The van der Waals surface area contributed by atoms with Crippen LogP contribution in [0.1, 0.15) is 31.2 Å². The van der Waals surface area contributed by atoms with Crippen LogP contribution < -0.4 is 0 Å². The van der Waals surface area contributed by atoms with Crippen molar-refractivity contribution in [3.05, 3.63) is 28.0 Å². The monoisotopic (exact) mass is 288 g/mol. The standard InChI is InChI=1S/C13H18Cl2N2O/c14-12-7-10(8-13(15)16-12)9-17-5-2-1-3-11(17)4-6-18/h7-8,11,18H,1-6,9H2/t11-/m0/s1. The smallest absolute Gasteiger partial charge is 0.131 e. The van der Waals surface area contributed by atoms with Crippen molar-refractivity contribution in [2.75, 3.05) is 13.2 Å². The van der Waals surface area contributed by atoms with Gasteiger partial charge in [0, 0.05) is 19.2 Å². The molecule has 2 heterocycles. The van der Waals surface area contributed by atoms with Gasteiger partial charge in [-0.05, 0) is 43.5 Å². The molecule has 100 valence electrons. The van der Waals surface area contributed by atoms with Crippen molar-refractivity contribution < 1.29 is 5.11 Å². The van der Waals surface area contributed by atoms with E-state index in [1.54, 1.807) is 0 Å². The molecule has 1 saturated heterocycles. The molecule has 0 bridgehead atoms. The maximum Gasteiger partial charge on any atom is 0.131 e. The minimum Gasteiger partial charge on any atom is -0.396 e. The molecular formula is C13H18Cl2N2O. The van der Waals surface area contributed by atoms with Crippen LogP contribution in [0.3, 0.4) is 0 Å². The van der Waals surface area contributed by atoms with E-state index in [0.717, 1.165) is 31.5 Å². The van der Waals surface area contributed by atoms with Crippen molar-refractivity contribution in [1.82, 2.24) is 9.88 Å². The third-order valence-electron chi connectivity index (χ3n) is 3.42. The number of aliphatic hydroxyl groups excluding tert-OH is 1. The Hall–Kier alpha value is -0.350. The Morgan fingerprint density at radius 2 is 2.00 bits per heavy atom. The Bertz CT molecular complexity index is 378. The number of nitrogens with zero attached hydrogens (tertiary/aromatic N) is 2. The Kier molecular flexibility index (Phi) is 5.25. The number of pyridine rings is 1. The zero-order valence-corrected chi connectivity index (χ0v) is 11.8. The van der Waals surface area contributed by atoms with Gasteiger partial charge in [-0.2, -0.15) is 0 Å². The van der Waals surface area contributed by atoms with Crippen LogP contribution in [0, 0.1) is 0 Å². The lowest BCUT2D eigenvalue weighted by Crippen LogP contribution is -2.39. The van der Waals surface area contributed by atoms with Crippen LogP contribution in [0.2, 0.25) is 10.3 Å². The van der Waals surface area contributed by atoms with E-state index < -0.39 is 0 Å². The Morgan fingerprint density at radius 1 is 1.28 bits per heavy atom. The molecule has 1 atom stereocenters. The molecule has 1 aliphatic rings. The van der Waals surface area contributed by atoms with Gasteiger partial charge in [-0.1, -0.05) is 29.6 Å². The van der Waals surface area contributed by atoms with Crippen LogP contribution in [-0.2, 0) is 6.54 Å². The van der Waals surface area contributed by atoms with Crippen LogP contribution in [0.5, 0.6) is 0 Å². The summed E-state index contributed by atoms with van der Waals surface area (Å²) in [7, 11) is 0. The first-order chi connectivity index (χ1) is 8.69. The topological polar surface area (TPSA) is 36.4 Å². The first kappa shape index (κ1) is 14.1. The predicted octanol–water partition coefficient (Wildman–Crippen LogP) is 3.13. The molecule has 0 amide bonds. The lowest BCUT2D eigenvalue weighted by atomic mass is 9.99. The fraction of sp³-hybridized carbons (Fsp3) is 0.615. The van der Waals surface area contributed by atoms with Crippen molar-refractivity contribution in [2.45, 2.75) is 38.3 Å². The SMILES string of the molecule is OCC[C@@H]1CCCCN1Cc1cc(Cl)nc(Cl)c1. The number of rotatable bonds is 4. The van der Waals surface area contributed by atoms with E-state index in [9.17, 15) is 0 Å². The number of halogens is 2. The van der Waals surface area contributed by atoms with E-state index in [4.69, 9.17) is 28.3 Å². The summed E-state index contributed by atoms with van der Waals surface area (Å²) in [6, 6.07) is 4.19. The molecule has 1 aliphatic heterocycles. The molecule has 1 N–H and O–H groups in total. The molecule has 3 nitrogen and oxygen atoms in total. The molecule has 5 heteroatoms. The summed E-state index contributed by atoms with van der Waals surface area (Å²) in [6.07, 6.45) is 4.47. The molecule has 18 heavy (non-hydrogen) atoms. The highest BCUT2D eigenvalue weighted by molar-refractivity contribution is 6.32. The summed E-state index contributed by atoms with van der Waals surface area (Å²) in [4.78, 5) is 6.36. The van der Waals surface area contributed by atoms with E-state index in [1.807, 2.05) is 12.1 Å². The minimum atomic E-state index is 0.249. The highest BCUT2D eigenvalue weighted by Gasteiger charge is 2.22. The van der Waals surface area contributed by atoms with Gasteiger partial charge < -0.3 is 5.11 Å². The molecule has 1 aromatic rings. The summed E-state index contributed by atoms with van der Waals surface area (Å²) in [5.74, 6) is 0. The molecule has 2 rings (SSSR count). The fourth-order valence-corrected chi connectivity index (χ4v) is 3.09. The highest BCUT2D eigenvalue weighted by Crippen LogP contribution is 2.23. The highest BCUT2D eigenvalue weighted by atomic mass is 35.5. The number of aliphatic hydroxyl groups is 1. The molecule has 0 unspecified atom stereocenters. The van der Waals surface area contributed by atoms with Crippen LogP contribution in [-0.4, -0.2) is 34.2 Å². The van der Waals surface area contributed by atoms with Gasteiger partial charge in [0.15, 0.2) is 0 Å². The predicted molar refractivity (Wildman–Crippen MR) is 74.0 cm³/mol. The number of hydrogen-bond donors (Lipinski definition) is 1. The molecule has 1 fully saturated rings. The van der Waals surface area contributed by atoms with Crippen molar-refractivity contribution >= 4 is 23.2 Å². The summed E-state index contributed by atoms with van der Waals surface area (Å²) in [6.45, 7) is 2.15. The van der Waals surface area contributed by atoms with Gasteiger partial charge in [-0.3, -0.25) is 4.90 Å². The molecule has 0 spiro atoms. The summed E-state index contributed by atoms with van der Waals surface area (Å²) in [5.41, 5.74) is 1.09. The van der Waals surface area contributed by atoms with E-state index >= 15 is 0 Å². The zero-order chi connectivity index (χ0) is 13.0. The van der Waals surface area contributed by atoms with Crippen LogP contribution >= 0.6 is 23.2 Å². The second-order valence-electron chi connectivity index (χ2n) is 4.75. The number of piperidine rings is 1. The van der Waals surface area contributed by atoms with Crippen LogP contribution in [0.4, 0.5) is 0 Å². The second kappa shape index (κ2) is 6.71. The Balaban J connectivity index is 2.05. The molecule has 0 radical (unpaired) electrons. The number of likely N-dealkylation sites (tertiary alicyclic amines) is 1. The first-order valence-electron chi connectivity index (χ1n) is 6.36. The maximum absolute atomic E-state index is 9.11. The fourth-order valence-electron chi connectivity index (χ4n) is 2.58. The minimum absolute atomic E-state index is 0.249. The van der Waals surface area contributed by atoms with E-state index in [0.29, 0.717) is 16.3 Å². The third-order valence-corrected chi connectivity index (χ3v) is 3.81. The average molecular weight is 289 g/mol. The molecule has 0 aromatic carbocycles. The van der Waals surface area contributed by atoms with E-state index in [-0.39, 0.29) is 6.61 Å². The van der Waals surface area contributed by atoms with Gasteiger partial charge in [-0.15, -0.1) is 0 Å². The van der Waals surface area contributed by atoms with Crippen LogP contribution in [0.25, 0.3) is 0 Å². The van der Waals surface area contributed by atoms with Gasteiger partial charge in [0.1, 0.15) is 10.3 Å². The number of aromatic nitrogens is 1. The van der Waals surface area contributed by atoms with Crippen molar-refractivity contribution in [3.8, 4) is 0 Å². The lowest BCUT2D eigenvalue weighted by Gasteiger charge is -2.35. The summed E-state index contributed by atoms with van der Waals surface area (Å²) >= 11 is 11.8. The normalized spacial score (nSPS) is 21.2. The molecule has 0 aliphatic carbocycles. The zero-order valence-electron chi connectivity index (χ0n) is 10.3. The van der Waals surface area contributed by atoms with Gasteiger partial charge in [0.05, 0.1) is 0 Å². The first-order valence-corrected chi connectivity index (χ1v) is 7.11. The second-order valence-corrected chi connectivity index (χ2v) is 5.53. The molecular weight excluding hydrogens is 271 g/mol. The third kappa shape index (κ3) is 3.82. The van der Waals surface area contributed by atoms with Crippen molar-refractivity contribution in [3.63, 3.8) is 0 Å². The number of hydrogen-bond acceptors (Lipinski definition) is 3. The Labute approximate surface area is 118 Å². The molecule has 0 saturated carbocycles. The molecule has 1 aromatic heterocycles. The van der Waals surface area contributed by atoms with Gasteiger partial charge in [0.2, 0.25) is 0 Å². The maximum atomic E-state index is 9.11. The van der Waals surface area contributed by atoms with Gasteiger partial charge >= 0.3 is 0 Å². The average Bonchev–Trinajstić information content (AvgIpc) is 2.30. The van der Waals surface area contributed by atoms with Gasteiger partial charge in [-0.25, -0.2) is 4.98 Å². The Morgan fingerprint density at radius 3 is 2.67 bits per heavy atom. The summed E-state index contributed by atoms with van der Waals surface area (Å²) in [5, 5.41) is 9.99. The summed E-state index contributed by atoms with van der Waals surface area (Å²) < 4.78 is 0. The largest absolute Gasteiger partial charge is 0.396 e. The van der Waals surface area contributed by atoms with Crippen LogP contribution in [0.15, 0.2) is 12.1 Å². The van der Waals surface area contributed by atoms with Crippen molar-refractivity contribution in [2.24, 2.45) is 0 Å². The van der Waals surface area contributed by atoms with Crippen molar-refractivity contribution in [1.29, 1.82) is 0 Å². The van der Waals surface area contributed by atoms with E-state index in [2.05, 4.69) is 9.88 Å². The van der Waals surface area contributed by atoms with Gasteiger partial charge in [0.25, 0.3) is 0 Å². The quantitative estimate of drug-likeness (QED) is 0.865.